The van der Waals surface area contributed by atoms with Gasteiger partial charge in [0.25, 0.3) is 5.69 Å². The van der Waals surface area contributed by atoms with Gasteiger partial charge in [-0.05, 0) is 30.5 Å². The van der Waals surface area contributed by atoms with Crippen LogP contribution in [0.1, 0.15) is 12.0 Å². The molecule has 1 aliphatic heterocycles. The quantitative estimate of drug-likeness (QED) is 0.411. The van der Waals surface area contributed by atoms with Crippen molar-refractivity contribution in [2.24, 2.45) is 11.8 Å². The molecule has 0 bridgehead atoms. The van der Waals surface area contributed by atoms with Crippen LogP contribution in [0.25, 0.3) is 0 Å². The number of nitro groups is 1. The molecule has 0 aromatic heterocycles. The number of benzene rings is 1. The number of hydrogen-bond acceptors (Lipinski definition) is 6. The van der Waals surface area contributed by atoms with Gasteiger partial charge in [0, 0.05) is 25.8 Å². The molecule has 2 rings (SSSR count). The average Bonchev–Trinajstić information content (AvgIpc) is 2.86. The molecule has 104 valence electrons. The molecule has 0 aliphatic carbocycles. The first-order valence-electron chi connectivity index (χ1n) is 6.21. The third kappa shape index (κ3) is 3.19. The van der Waals surface area contributed by atoms with E-state index in [1.165, 1.54) is 0 Å². The third-order valence-corrected chi connectivity index (χ3v) is 3.45. The summed E-state index contributed by atoms with van der Waals surface area (Å²) in [6, 6.07) is 4.99. The van der Waals surface area contributed by atoms with Crippen molar-refractivity contribution in [1.29, 1.82) is 0 Å². The van der Waals surface area contributed by atoms with Crippen LogP contribution in [-0.2, 0) is 6.54 Å². The van der Waals surface area contributed by atoms with Gasteiger partial charge in [0.05, 0.1) is 4.92 Å². The van der Waals surface area contributed by atoms with E-state index in [2.05, 4.69) is 10.3 Å². The first kappa shape index (κ1) is 13.7. The Morgan fingerprint density at radius 2 is 2.37 bits per heavy atom. The van der Waals surface area contributed by atoms with Crippen LogP contribution in [0.3, 0.4) is 0 Å². The molecule has 1 aromatic rings. The minimum absolute atomic E-state index is 0.0158. The lowest BCUT2D eigenvalue weighted by Gasteiger charge is -2.15. The van der Waals surface area contributed by atoms with Crippen molar-refractivity contribution in [3.63, 3.8) is 0 Å². The summed E-state index contributed by atoms with van der Waals surface area (Å²) in [6.45, 7) is 2.60. The number of nitrogens with zero attached hydrogens (tertiary/aromatic N) is 2. The Balaban J connectivity index is 2.09. The Labute approximate surface area is 111 Å². The summed E-state index contributed by atoms with van der Waals surface area (Å²) in [7, 11) is 0. The number of likely N-dealkylation sites (tertiary alicyclic amines) is 1. The second kappa shape index (κ2) is 5.96. The van der Waals surface area contributed by atoms with Crippen LogP contribution in [-0.4, -0.2) is 34.6 Å². The van der Waals surface area contributed by atoms with Crippen molar-refractivity contribution in [3.8, 4) is 0 Å². The Kier molecular flexibility index (Phi) is 4.31. The van der Waals surface area contributed by atoms with Crippen molar-refractivity contribution in [2.45, 2.75) is 13.0 Å². The van der Waals surface area contributed by atoms with Gasteiger partial charge in [0.2, 0.25) is 0 Å². The van der Waals surface area contributed by atoms with Crippen LogP contribution in [0.15, 0.2) is 18.2 Å². The maximum absolute atomic E-state index is 10.9. The fraction of sp³-hybridized carbons (Fsp3) is 0.500. The van der Waals surface area contributed by atoms with Crippen molar-refractivity contribution in [2.75, 3.05) is 25.1 Å². The van der Waals surface area contributed by atoms with E-state index in [9.17, 15) is 10.1 Å². The molecule has 1 saturated heterocycles. The van der Waals surface area contributed by atoms with Gasteiger partial charge in [-0.3, -0.25) is 20.9 Å². The highest BCUT2D eigenvalue weighted by atomic mass is 16.6. The lowest BCUT2D eigenvalue weighted by Crippen LogP contribution is -2.21. The molecule has 1 fully saturated rings. The highest BCUT2D eigenvalue weighted by Gasteiger charge is 2.22. The van der Waals surface area contributed by atoms with Crippen molar-refractivity contribution in [1.82, 2.24) is 4.90 Å². The number of nitrogens with one attached hydrogen (secondary N) is 1. The Morgan fingerprint density at radius 3 is 2.95 bits per heavy atom. The second-order valence-corrected chi connectivity index (χ2v) is 4.83. The Morgan fingerprint density at radius 1 is 1.58 bits per heavy atom. The molecule has 7 nitrogen and oxygen atoms in total. The first-order chi connectivity index (χ1) is 9.13. The molecule has 1 aliphatic rings. The molecule has 0 spiro atoms. The smallest absolute Gasteiger partial charge is 0.293 e. The van der Waals surface area contributed by atoms with Gasteiger partial charge in [-0.2, -0.15) is 0 Å². The van der Waals surface area contributed by atoms with E-state index < -0.39 is 4.92 Å². The van der Waals surface area contributed by atoms with Gasteiger partial charge in [0.1, 0.15) is 5.69 Å². The maximum Gasteiger partial charge on any atom is 0.293 e. The standard InChI is InChI=1S/C12H18N4O3/c13-14-11-2-1-9(5-12(11)16(18)19)6-15-4-3-10(7-15)8-17/h1-2,5,10,14,17H,3-4,6-8,13H2. The number of aliphatic hydroxyl groups is 1. The molecule has 0 saturated carbocycles. The molecule has 4 N–H and O–H groups in total. The predicted octanol–water partition coefficient (Wildman–Crippen LogP) is 0.695. The zero-order valence-electron chi connectivity index (χ0n) is 10.6. The number of aliphatic hydroxyl groups excluding tert-OH is 1. The number of nitrogens with two attached hydrogens (primary N) is 1. The van der Waals surface area contributed by atoms with E-state index in [4.69, 9.17) is 10.9 Å². The molecular weight excluding hydrogens is 248 g/mol. The van der Waals surface area contributed by atoms with Gasteiger partial charge >= 0.3 is 0 Å². The fourth-order valence-electron chi connectivity index (χ4n) is 2.41. The largest absolute Gasteiger partial charge is 0.396 e. The number of hydrogen-bond donors (Lipinski definition) is 3. The van der Waals surface area contributed by atoms with Crippen molar-refractivity contribution >= 4 is 11.4 Å². The molecule has 1 atom stereocenters. The number of anilines is 1. The number of nitrogen functional groups attached to an aromatic ring is 1. The van der Waals surface area contributed by atoms with Gasteiger partial charge in [-0.1, -0.05) is 6.07 Å². The van der Waals surface area contributed by atoms with Crippen LogP contribution >= 0.6 is 0 Å². The number of hydrazine groups is 1. The monoisotopic (exact) mass is 266 g/mol. The van der Waals surface area contributed by atoms with E-state index in [0.29, 0.717) is 18.2 Å². The molecule has 1 heterocycles. The molecule has 1 aromatic carbocycles. The normalized spacial score (nSPS) is 19.6. The number of nitro benzene ring substituents is 1. The summed E-state index contributed by atoms with van der Waals surface area (Å²) >= 11 is 0. The molecular formula is C12H18N4O3. The van der Waals surface area contributed by atoms with Crippen molar-refractivity contribution in [3.05, 3.63) is 33.9 Å². The molecule has 1 unspecified atom stereocenters. The molecule has 0 amide bonds. The van der Waals surface area contributed by atoms with E-state index >= 15 is 0 Å². The average molecular weight is 266 g/mol. The van der Waals surface area contributed by atoms with E-state index in [1.54, 1.807) is 12.1 Å². The lowest BCUT2D eigenvalue weighted by atomic mass is 10.1. The van der Waals surface area contributed by atoms with Gasteiger partial charge in [-0.25, -0.2) is 0 Å². The fourth-order valence-corrected chi connectivity index (χ4v) is 2.41. The van der Waals surface area contributed by atoms with Crippen molar-refractivity contribution < 1.29 is 10.0 Å². The zero-order valence-corrected chi connectivity index (χ0v) is 10.6. The summed E-state index contributed by atoms with van der Waals surface area (Å²) in [5.41, 5.74) is 3.50. The summed E-state index contributed by atoms with van der Waals surface area (Å²) in [4.78, 5) is 12.7. The van der Waals surface area contributed by atoms with Crippen LogP contribution in [0.2, 0.25) is 0 Å². The summed E-state index contributed by atoms with van der Waals surface area (Å²) in [6.07, 6.45) is 0.973. The van der Waals surface area contributed by atoms with E-state index in [-0.39, 0.29) is 12.3 Å². The van der Waals surface area contributed by atoms with Gasteiger partial charge in [0.15, 0.2) is 0 Å². The van der Waals surface area contributed by atoms with Crippen LogP contribution < -0.4 is 11.3 Å². The minimum atomic E-state index is -0.445. The SMILES string of the molecule is NNc1ccc(CN2CCC(CO)C2)cc1[N+](=O)[O-]. The second-order valence-electron chi connectivity index (χ2n) is 4.83. The van der Waals surface area contributed by atoms with E-state index in [0.717, 1.165) is 25.1 Å². The molecule has 7 heteroatoms. The van der Waals surface area contributed by atoms with Gasteiger partial charge < -0.3 is 10.5 Å². The summed E-state index contributed by atoms with van der Waals surface area (Å²) in [5.74, 6) is 5.57. The third-order valence-electron chi connectivity index (χ3n) is 3.45. The number of rotatable bonds is 5. The zero-order chi connectivity index (χ0) is 13.8. The summed E-state index contributed by atoms with van der Waals surface area (Å²) < 4.78 is 0. The highest BCUT2D eigenvalue weighted by molar-refractivity contribution is 5.61. The maximum atomic E-state index is 10.9. The van der Waals surface area contributed by atoms with Crippen LogP contribution in [0.4, 0.5) is 11.4 Å². The highest BCUT2D eigenvalue weighted by Crippen LogP contribution is 2.26. The first-order valence-corrected chi connectivity index (χ1v) is 6.21. The summed E-state index contributed by atoms with van der Waals surface area (Å²) in [5, 5.41) is 20.0. The van der Waals surface area contributed by atoms with Crippen LogP contribution in [0.5, 0.6) is 0 Å². The van der Waals surface area contributed by atoms with Gasteiger partial charge in [-0.15, -0.1) is 0 Å². The molecule has 19 heavy (non-hydrogen) atoms. The Bertz CT molecular complexity index is 466. The predicted molar refractivity (Wildman–Crippen MR) is 71.4 cm³/mol. The van der Waals surface area contributed by atoms with E-state index in [1.807, 2.05) is 6.07 Å². The van der Waals surface area contributed by atoms with Crippen LogP contribution in [0, 0.1) is 16.0 Å². The lowest BCUT2D eigenvalue weighted by molar-refractivity contribution is -0.384. The topological polar surface area (TPSA) is 105 Å². The minimum Gasteiger partial charge on any atom is -0.396 e. The Hall–Kier alpha value is -1.70. The molecule has 0 radical (unpaired) electrons.